The van der Waals surface area contributed by atoms with Gasteiger partial charge in [0.05, 0.1) is 26.0 Å². The van der Waals surface area contributed by atoms with Crippen LogP contribution in [0.15, 0.2) is 12.7 Å². The smallest absolute Gasteiger partial charge is 0.410 e. The van der Waals surface area contributed by atoms with Crippen molar-refractivity contribution in [3.8, 4) is 0 Å². The molecule has 6 rings (SSSR count). The van der Waals surface area contributed by atoms with Crippen LogP contribution in [0.3, 0.4) is 0 Å². The first-order chi connectivity index (χ1) is 17.4. The standard InChI is InChI=1S/C24H35N7O6/c1-22(2,3)37-21(32)30-10-24(11-30)9-29(6-7-33-24)8-14-16-17(36-23(4,5)35-16)20(34-14)31-13-28-15-18(25)26-12-27-19(15)31/h12-14,16-17,20H,6-11H2,1-5H3,(H2,25,26,27)/t14-,16-,17-,20-/m1/s1. The molecule has 0 saturated carbocycles. The van der Waals surface area contributed by atoms with Crippen LogP contribution in [0.1, 0.15) is 40.8 Å². The van der Waals surface area contributed by atoms with Crippen molar-refractivity contribution in [2.45, 2.75) is 76.1 Å². The zero-order chi connectivity index (χ0) is 26.2. The molecule has 0 radical (unpaired) electrons. The van der Waals surface area contributed by atoms with Crippen LogP contribution < -0.4 is 5.73 Å². The van der Waals surface area contributed by atoms with E-state index in [4.69, 9.17) is 29.4 Å². The first kappa shape index (κ1) is 24.7. The fourth-order valence-electron chi connectivity index (χ4n) is 5.72. The number of likely N-dealkylation sites (tertiary alicyclic amines) is 1. The molecule has 0 aliphatic carbocycles. The van der Waals surface area contributed by atoms with Gasteiger partial charge in [0.25, 0.3) is 0 Å². The zero-order valence-corrected chi connectivity index (χ0v) is 21.9. The van der Waals surface area contributed by atoms with Gasteiger partial charge in [-0.05, 0) is 34.6 Å². The lowest BCUT2D eigenvalue weighted by Crippen LogP contribution is -2.71. The quantitative estimate of drug-likeness (QED) is 0.627. The van der Waals surface area contributed by atoms with Crippen molar-refractivity contribution in [3.63, 3.8) is 0 Å². The number of nitrogens with two attached hydrogens (primary N) is 1. The maximum absolute atomic E-state index is 12.4. The topological polar surface area (TPSA) is 139 Å². The number of hydrogen-bond acceptors (Lipinski definition) is 11. The molecule has 0 bridgehead atoms. The molecule has 4 fully saturated rings. The molecule has 0 unspecified atom stereocenters. The van der Waals surface area contributed by atoms with Crippen molar-refractivity contribution in [1.82, 2.24) is 29.3 Å². The molecule has 4 atom stereocenters. The Kier molecular flexibility index (Phi) is 5.66. The van der Waals surface area contributed by atoms with Crippen molar-refractivity contribution < 1.29 is 28.5 Å². The molecule has 1 spiro atoms. The highest BCUT2D eigenvalue weighted by Crippen LogP contribution is 2.44. The lowest BCUT2D eigenvalue weighted by atomic mass is 9.92. The van der Waals surface area contributed by atoms with Gasteiger partial charge >= 0.3 is 6.09 Å². The zero-order valence-electron chi connectivity index (χ0n) is 21.9. The highest BCUT2D eigenvalue weighted by atomic mass is 16.8. The van der Waals surface area contributed by atoms with Gasteiger partial charge in [-0.2, -0.15) is 0 Å². The Morgan fingerprint density at radius 2 is 1.92 bits per heavy atom. The second kappa shape index (κ2) is 8.46. The number of morpholine rings is 1. The molecule has 6 heterocycles. The molecule has 37 heavy (non-hydrogen) atoms. The van der Waals surface area contributed by atoms with Gasteiger partial charge in [-0.3, -0.25) is 9.47 Å². The van der Waals surface area contributed by atoms with Crippen molar-refractivity contribution >= 4 is 23.1 Å². The number of imidazole rings is 1. The predicted molar refractivity (Wildman–Crippen MR) is 130 cm³/mol. The Bertz CT molecular complexity index is 1190. The van der Waals surface area contributed by atoms with Crippen LogP contribution in [0.5, 0.6) is 0 Å². The van der Waals surface area contributed by atoms with Crippen molar-refractivity contribution in [1.29, 1.82) is 0 Å². The van der Waals surface area contributed by atoms with E-state index < -0.39 is 23.2 Å². The highest BCUT2D eigenvalue weighted by molar-refractivity contribution is 5.81. The van der Waals surface area contributed by atoms with Crippen molar-refractivity contribution in [2.24, 2.45) is 0 Å². The number of nitrogens with zero attached hydrogens (tertiary/aromatic N) is 6. The second-order valence-corrected chi connectivity index (χ2v) is 11.8. The first-order valence-corrected chi connectivity index (χ1v) is 12.7. The van der Waals surface area contributed by atoms with Crippen LogP contribution in [-0.4, -0.2) is 110 Å². The van der Waals surface area contributed by atoms with Gasteiger partial charge in [-0.1, -0.05) is 0 Å². The van der Waals surface area contributed by atoms with E-state index in [-0.39, 0.29) is 24.4 Å². The Morgan fingerprint density at radius 1 is 1.16 bits per heavy atom. The summed E-state index contributed by atoms with van der Waals surface area (Å²) in [5.74, 6) is -0.424. The number of aromatic nitrogens is 4. The minimum absolute atomic E-state index is 0.245. The minimum atomic E-state index is -0.742. The van der Waals surface area contributed by atoms with Crippen LogP contribution in [0.4, 0.5) is 10.6 Å². The number of carbonyl (C=O) groups excluding carboxylic acids is 1. The molecule has 2 aromatic rings. The highest BCUT2D eigenvalue weighted by Gasteiger charge is 2.57. The fraction of sp³-hybridized carbons (Fsp3) is 0.750. The Labute approximate surface area is 215 Å². The number of rotatable bonds is 3. The summed E-state index contributed by atoms with van der Waals surface area (Å²) in [6.07, 6.45) is 1.45. The molecular formula is C24H35N7O6. The summed E-state index contributed by atoms with van der Waals surface area (Å²) in [6.45, 7) is 13.1. The molecule has 202 valence electrons. The van der Waals surface area contributed by atoms with Gasteiger partial charge in [-0.25, -0.2) is 19.7 Å². The van der Waals surface area contributed by atoms with Gasteiger partial charge in [0, 0.05) is 19.6 Å². The maximum atomic E-state index is 12.4. The molecular weight excluding hydrogens is 482 g/mol. The summed E-state index contributed by atoms with van der Waals surface area (Å²) >= 11 is 0. The van der Waals surface area contributed by atoms with E-state index in [2.05, 4.69) is 19.9 Å². The van der Waals surface area contributed by atoms with Gasteiger partial charge in [-0.15, -0.1) is 0 Å². The van der Waals surface area contributed by atoms with E-state index in [0.717, 1.165) is 6.54 Å². The maximum Gasteiger partial charge on any atom is 0.410 e. The lowest BCUT2D eigenvalue weighted by molar-refractivity contribution is -0.206. The average Bonchev–Trinajstić information content (AvgIpc) is 3.43. The van der Waals surface area contributed by atoms with Crippen LogP contribution in [-0.2, 0) is 23.7 Å². The van der Waals surface area contributed by atoms with E-state index in [1.807, 2.05) is 39.2 Å². The second-order valence-electron chi connectivity index (χ2n) is 11.8. The minimum Gasteiger partial charge on any atom is -0.444 e. The molecule has 13 nitrogen and oxygen atoms in total. The molecule has 2 N–H and O–H groups in total. The molecule has 2 aromatic heterocycles. The van der Waals surface area contributed by atoms with Crippen LogP contribution in [0.2, 0.25) is 0 Å². The van der Waals surface area contributed by atoms with Gasteiger partial charge in [0.15, 0.2) is 23.5 Å². The average molecular weight is 518 g/mol. The number of ether oxygens (including phenoxy) is 5. The van der Waals surface area contributed by atoms with Crippen molar-refractivity contribution in [3.05, 3.63) is 12.7 Å². The van der Waals surface area contributed by atoms with Crippen molar-refractivity contribution in [2.75, 3.05) is 45.1 Å². The van der Waals surface area contributed by atoms with Crippen LogP contribution in [0.25, 0.3) is 11.2 Å². The predicted octanol–water partition coefficient (Wildman–Crippen LogP) is 1.15. The number of hydrogen-bond donors (Lipinski definition) is 1. The summed E-state index contributed by atoms with van der Waals surface area (Å²) in [5, 5.41) is 0. The summed E-state index contributed by atoms with van der Waals surface area (Å²) in [7, 11) is 0. The number of amides is 1. The third-order valence-corrected chi connectivity index (χ3v) is 7.16. The Hall–Kier alpha value is -2.58. The van der Waals surface area contributed by atoms with E-state index in [1.165, 1.54) is 6.33 Å². The van der Waals surface area contributed by atoms with Crippen LogP contribution >= 0.6 is 0 Å². The summed E-state index contributed by atoms with van der Waals surface area (Å²) in [4.78, 5) is 29.3. The first-order valence-electron chi connectivity index (χ1n) is 12.7. The number of nitrogen functional groups attached to an aromatic ring is 1. The number of anilines is 1. The van der Waals surface area contributed by atoms with E-state index in [9.17, 15) is 4.79 Å². The van der Waals surface area contributed by atoms with E-state index in [1.54, 1.807) is 11.2 Å². The third-order valence-electron chi connectivity index (χ3n) is 7.16. The third kappa shape index (κ3) is 4.52. The number of fused-ring (bicyclic) bond motifs is 2. The summed E-state index contributed by atoms with van der Waals surface area (Å²) in [5.41, 5.74) is 6.19. The van der Waals surface area contributed by atoms with Gasteiger partial charge in [0.1, 0.15) is 41.4 Å². The molecule has 1 amide bonds. The van der Waals surface area contributed by atoms with Gasteiger partial charge in [0.2, 0.25) is 0 Å². The lowest BCUT2D eigenvalue weighted by Gasteiger charge is -2.53. The van der Waals surface area contributed by atoms with Gasteiger partial charge < -0.3 is 34.3 Å². The fourth-order valence-corrected chi connectivity index (χ4v) is 5.72. The van der Waals surface area contributed by atoms with Crippen LogP contribution in [0, 0.1) is 0 Å². The Balaban J connectivity index is 1.16. The molecule has 0 aromatic carbocycles. The monoisotopic (exact) mass is 517 g/mol. The molecule has 4 aliphatic rings. The summed E-state index contributed by atoms with van der Waals surface area (Å²) < 4.78 is 32.7. The normalized spacial score (nSPS) is 31.0. The number of carbonyl (C=O) groups is 1. The van der Waals surface area contributed by atoms with E-state index >= 15 is 0 Å². The molecule has 4 aliphatic heterocycles. The Morgan fingerprint density at radius 3 is 2.68 bits per heavy atom. The summed E-state index contributed by atoms with van der Waals surface area (Å²) in [6, 6.07) is 0. The molecule has 4 saturated heterocycles. The SMILES string of the molecule is CC(C)(C)OC(=O)N1CC2(CN(C[C@H]3O[C@@H](n4cnc5c(N)ncnc54)[C@@H]4OC(C)(C)O[C@@H]43)CCO2)C1. The van der Waals surface area contributed by atoms with E-state index in [0.29, 0.717) is 49.8 Å². The largest absolute Gasteiger partial charge is 0.444 e. The molecule has 13 heteroatoms.